The lowest BCUT2D eigenvalue weighted by molar-refractivity contribution is 0.0670. The highest BCUT2D eigenvalue weighted by molar-refractivity contribution is 7.09. The van der Waals surface area contributed by atoms with Crippen LogP contribution in [0.4, 0.5) is 0 Å². The zero-order chi connectivity index (χ0) is 15.4. The van der Waals surface area contributed by atoms with Crippen LogP contribution in [0.2, 0.25) is 0 Å². The van der Waals surface area contributed by atoms with Gasteiger partial charge in [-0.05, 0) is 18.4 Å². The van der Waals surface area contributed by atoms with Crippen molar-refractivity contribution in [3.05, 3.63) is 52.0 Å². The summed E-state index contributed by atoms with van der Waals surface area (Å²) in [6.45, 7) is 1.10. The Labute approximate surface area is 145 Å². The predicted molar refractivity (Wildman–Crippen MR) is 92.9 cm³/mol. The normalized spacial score (nSPS) is 18.2. The largest absolute Gasteiger partial charge is 0.376 e. The standard InChI is InChI=1S/C16H19N3O2S.ClH/c17-9-14-18-12(10-22-14)16(20)19-15(13-7-4-8-21-13)11-5-2-1-3-6-11;/h1-3,5-6,10,13,15H,4,7-9,17H2,(H,19,20);1H. The lowest BCUT2D eigenvalue weighted by Crippen LogP contribution is -2.36. The topological polar surface area (TPSA) is 77.2 Å². The number of nitrogens with zero attached hydrogens (tertiary/aromatic N) is 1. The average molecular weight is 354 g/mol. The van der Waals surface area contributed by atoms with E-state index in [4.69, 9.17) is 10.5 Å². The molecule has 0 radical (unpaired) electrons. The smallest absolute Gasteiger partial charge is 0.271 e. The van der Waals surface area contributed by atoms with Crippen LogP contribution in [0.25, 0.3) is 0 Å². The minimum Gasteiger partial charge on any atom is -0.376 e. The summed E-state index contributed by atoms with van der Waals surface area (Å²) in [4.78, 5) is 16.7. The van der Waals surface area contributed by atoms with Crippen LogP contribution in [0.5, 0.6) is 0 Å². The average Bonchev–Trinajstić information content (AvgIpc) is 3.24. The van der Waals surface area contributed by atoms with Crippen molar-refractivity contribution >= 4 is 29.7 Å². The quantitative estimate of drug-likeness (QED) is 0.866. The number of hydrogen-bond donors (Lipinski definition) is 2. The molecule has 0 bridgehead atoms. The molecule has 124 valence electrons. The number of aromatic nitrogens is 1. The van der Waals surface area contributed by atoms with E-state index in [1.807, 2.05) is 30.3 Å². The minimum absolute atomic E-state index is 0. The number of halogens is 1. The number of thiazole rings is 1. The van der Waals surface area contributed by atoms with E-state index >= 15 is 0 Å². The lowest BCUT2D eigenvalue weighted by Gasteiger charge is -2.24. The molecule has 3 rings (SSSR count). The van der Waals surface area contributed by atoms with Gasteiger partial charge in [0.2, 0.25) is 0 Å². The van der Waals surface area contributed by atoms with E-state index in [0.29, 0.717) is 12.2 Å². The van der Waals surface area contributed by atoms with Gasteiger partial charge in [0.15, 0.2) is 0 Å². The van der Waals surface area contributed by atoms with Crippen molar-refractivity contribution in [1.82, 2.24) is 10.3 Å². The Morgan fingerprint density at radius 3 is 2.83 bits per heavy atom. The van der Waals surface area contributed by atoms with Gasteiger partial charge in [0.25, 0.3) is 5.91 Å². The molecular weight excluding hydrogens is 334 g/mol. The summed E-state index contributed by atoms with van der Waals surface area (Å²) in [6.07, 6.45) is 1.99. The molecule has 3 N–H and O–H groups in total. The monoisotopic (exact) mass is 353 g/mol. The number of amides is 1. The van der Waals surface area contributed by atoms with Crippen molar-refractivity contribution < 1.29 is 9.53 Å². The third-order valence-corrected chi connectivity index (χ3v) is 4.61. The first-order chi connectivity index (χ1) is 10.8. The third-order valence-electron chi connectivity index (χ3n) is 3.74. The van der Waals surface area contributed by atoms with Crippen LogP contribution in [0.3, 0.4) is 0 Å². The fourth-order valence-corrected chi connectivity index (χ4v) is 3.30. The SMILES string of the molecule is Cl.NCc1nc(C(=O)NC(c2ccccc2)C2CCCO2)cs1. The zero-order valence-corrected chi connectivity index (χ0v) is 14.2. The van der Waals surface area contributed by atoms with Gasteiger partial charge in [-0.25, -0.2) is 4.98 Å². The number of rotatable bonds is 5. The molecule has 2 atom stereocenters. The molecule has 1 amide bonds. The van der Waals surface area contributed by atoms with Crippen LogP contribution in [-0.4, -0.2) is 23.6 Å². The molecule has 1 aromatic heterocycles. The molecule has 2 unspecified atom stereocenters. The van der Waals surface area contributed by atoms with E-state index in [1.165, 1.54) is 11.3 Å². The number of nitrogens with two attached hydrogens (primary N) is 1. The fraction of sp³-hybridized carbons (Fsp3) is 0.375. The van der Waals surface area contributed by atoms with E-state index in [-0.39, 0.29) is 30.5 Å². The van der Waals surface area contributed by atoms with E-state index in [1.54, 1.807) is 5.38 Å². The number of benzene rings is 1. The molecule has 7 heteroatoms. The predicted octanol–water partition coefficient (Wildman–Crippen LogP) is 2.67. The highest BCUT2D eigenvalue weighted by Crippen LogP contribution is 2.27. The number of carbonyl (C=O) groups is 1. The Hall–Kier alpha value is -1.47. The van der Waals surface area contributed by atoms with Gasteiger partial charge >= 0.3 is 0 Å². The Morgan fingerprint density at radius 2 is 2.22 bits per heavy atom. The summed E-state index contributed by atoms with van der Waals surface area (Å²) in [5.74, 6) is -0.180. The molecule has 2 aromatic rings. The molecule has 5 nitrogen and oxygen atoms in total. The van der Waals surface area contributed by atoms with Crippen molar-refractivity contribution in [3.63, 3.8) is 0 Å². The first kappa shape index (κ1) is 17.9. The van der Waals surface area contributed by atoms with Gasteiger partial charge in [0, 0.05) is 18.5 Å². The number of hydrogen-bond acceptors (Lipinski definition) is 5. The Balaban J connectivity index is 0.00000192. The zero-order valence-electron chi connectivity index (χ0n) is 12.6. The van der Waals surface area contributed by atoms with E-state index in [9.17, 15) is 4.79 Å². The Morgan fingerprint density at radius 1 is 1.43 bits per heavy atom. The van der Waals surface area contributed by atoms with E-state index in [2.05, 4.69) is 10.3 Å². The second kappa shape index (κ2) is 8.40. The number of nitrogens with one attached hydrogen (secondary N) is 1. The second-order valence-corrected chi connectivity index (χ2v) is 6.19. The van der Waals surface area contributed by atoms with Crippen LogP contribution in [-0.2, 0) is 11.3 Å². The van der Waals surface area contributed by atoms with Gasteiger partial charge in [-0.1, -0.05) is 30.3 Å². The number of ether oxygens (including phenoxy) is 1. The van der Waals surface area contributed by atoms with Crippen molar-refractivity contribution in [2.75, 3.05) is 6.61 Å². The maximum Gasteiger partial charge on any atom is 0.271 e. The molecule has 1 aliphatic heterocycles. The number of carbonyl (C=O) groups excluding carboxylic acids is 1. The lowest BCUT2D eigenvalue weighted by atomic mass is 9.99. The first-order valence-corrected chi connectivity index (χ1v) is 8.28. The summed E-state index contributed by atoms with van der Waals surface area (Å²) in [7, 11) is 0. The molecule has 2 heterocycles. The van der Waals surface area contributed by atoms with Crippen molar-refractivity contribution in [1.29, 1.82) is 0 Å². The van der Waals surface area contributed by atoms with E-state index < -0.39 is 0 Å². The van der Waals surface area contributed by atoms with Gasteiger partial charge < -0.3 is 15.8 Å². The summed E-state index contributed by atoms with van der Waals surface area (Å²) >= 11 is 1.40. The summed E-state index contributed by atoms with van der Waals surface area (Å²) in [5.41, 5.74) is 7.02. The van der Waals surface area contributed by atoms with Crippen molar-refractivity contribution in [3.8, 4) is 0 Å². The highest BCUT2D eigenvalue weighted by atomic mass is 35.5. The fourth-order valence-electron chi connectivity index (χ4n) is 2.64. The minimum atomic E-state index is -0.180. The van der Waals surface area contributed by atoms with Gasteiger partial charge in [0.1, 0.15) is 10.7 Å². The van der Waals surface area contributed by atoms with Gasteiger partial charge in [-0.3, -0.25) is 4.79 Å². The summed E-state index contributed by atoms with van der Waals surface area (Å²) in [6, 6.07) is 9.78. The van der Waals surface area contributed by atoms with Crippen LogP contribution in [0.1, 0.15) is 39.9 Å². The van der Waals surface area contributed by atoms with Crippen LogP contribution in [0.15, 0.2) is 35.7 Å². The molecule has 0 saturated carbocycles. The highest BCUT2D eigenvalue weighted by Gasteiger charge is 2.29. The maximum absolute atomic E-state index is 12.5. The molecule has 1 aliphatic rings. The van der Waals surface area contributed by atoms with Crippen LogP contribution in [0, 0.1) is 0 Å². The molecule has 23 heavy (non-hydrogen) atoms. The second-order valence-electron chi connectivity index (χ2n) is 5.24. The maximum atomic E-state index is 12.5. The summed E-state index contributed by atoms with van der Waals surface area (Å²) < 4.78 is 5.78. The molecule has 1 saturated heterocycles. The van der Waals surface area contributed by atoms with Gasteiger partial charge in [0.05, 0.1) is 12.1 Å². The third kappa shape index (κ3) is 4.29. The Bertz CT molecular complexity index is 629. The molecule has 1 aromatic carbocycles. The summed E-state index contributed by atoms with van der Waals surface area (Å²) in [5, 5.41) is 5.58. The molecule has 0 aliphatic carbocycles. The molecular formula is C16H20ClN3O2S. The molecule has 1 fully saturated rings. The van der Waals surface area contributed by atoms with Crippen LogP contribution >= 0.6 is 23.7 Å². The van der Waals surface area contributed by atoms with Gasteiger partial charge in [-0.2, -0.15) is 0 Å². The van der Waals surface area contributed by atoms with Crippen molar-refractivity contribution in [2.45, 2.75) is 31.5 Å². The Kier molecular flexibility index (Phi) is 6.53. The first-order valence-electron chi connectivity index (χ1n) is 7.40. The van der Waals surface area contributed by atoms with Gasteiger partial charge in [-0.15, -0.1) is 23.7 Å². The van der Waals surface area contributed by atoms with Crippen LogP contribution < -0.4 is 11.1 Å². The molecule has 0 spiro atoms. The van der Waals surface area contributed by atoms with E-state index in [0.717, 1.165) is 30.0 Å². The van der Waals surface area contributed by atoms with Crippen molar-refractivity contribution in [2.24, 2.45) is 5.73 Å².